The first-order valence-electron chi connectivity index (χ1n) is 5.82. The van der Waals surface area contributed by atoms with Gasteiger partial charge in [-0.3, -0.25) is 4.79 Å². The summed E-state index contributed by atoms with van der Waals surface area (Å²) < 4.78 is 5.49. The van der Waals surface area contributed by atoms with Crippen molar-refractivity contribution in [3.63, 3.8) is 0 Å². The molecule has 0 bridgehead atoms. The molecule has 0 aromatic rings. The monoisotopic (exact) mass is 212 g/mol. The highest BCUT2D eigenvalue weighted by molar-refractivity contribution is 5.85. The molecule has 0 spiro atoms. The quantitative estimate of drug-likeness (QED) is 0.693. The maximum Gasteiger partial charge on any atom is 0.166 e. The van der Waals surface area contributed by atoms with Crippen molar-refractivity contribution < 1.29 is 9.53 Å². The van der Waals surface area contributed by atoms with E-state index in [9.17, 15) is 4.79 Å². The summed E-state index contributed by atoms with van der Waals surface area (Å²) in [6.07, 6.45) is 1.80. The van der Waals surface area contributed by atoms with E-state index < -0.39 is 0 Å². The van der Waals surface area contributed by atoms with Gasteiger partial charge in [0.25, 0.3) is 0 Å². The Morgan fingerprint density at radius 3 is 2.73 bits per heavy atom. The van der Waals surface area contributed by atoms with Crippen LogP contribution in [-0.4, -0.2) is 56.6 Å². The number of carbonyl (C=O) groups is 1. The molecule has 1 unspecified atom stereocenters. The maximum absolute atomic E-state index is 12.1. The van der Waals surface area contributed by atoms with Crippen LogP contribution in [0.5, 0.6) is 0 Å². The molecule has 1 atom stereocenters. The lowest BCUT2D eigenvalue weighted by molar-refractivity contribution is -0.137. The highest BCUT2D eigenvalue weighted by Crippen LogP contribution is 2.19. The smallest absolute Gasteiger partial charge is 0.166 e. The third-order valence-corrected chi connectivity index (χ3v) is 3.37. The molecule has 1 N–H and O–H groups in total. The topological polar surface area (TPSA) is 41.6 Å². The van der Waals surface area contributed by atoms with Gasteiger partial charge in [0.2, 0.25) is 0 Å². The summed E-state index contributed by atoms with van der Waals surface area (Å²) >= 11 is 0. The predicted octanol–water partition coefficient (Wildman–Crippen LogP) is -0.114. The van der Waals surface area contributed by atoms with Crippen LogP contribution in [0.4, 0.5) is 0 Å². The average Bonchev–Trinajstić information content (AvgIpc) is 2.30. The largest absolute Gasteiger partial charge is 0.368 e. The first-order chi connectivity index (χ1) is 7.27. The Kier molecular flexibility index (Phi) is 3.72. The van der Waals surface area contributed by atoms with Gasteiger partial charge >= 0.3 is 0 Å². The van der Waals surface area contributed by atoms with E-state index in [2.05, 4.69) is 17.3 Å². The van der Waals surface area contributed by atoms with Crippen LogP contribution in [0.1, 0.15) is 12.8 Å². The highest BCUT2D eigenvalue weighted by atomic mass is 16.5. The normalized spacial score (nSPS) is 30.3. The van der Waals surface area contributed by atoms with Crippen LogP contribution in [0, 0.1) is 5.92 Å². The first kappa shape index (κ1) is 11.0. The van der Waals surface area contributed by atoms with Gasteiger partial charge in [-0.15, -0.1) is 0 Å². The first-order valence-corrected chi connectivity index (χ1v) is 5.82. The fraction of sp³-hybridized carbons (Fsp3) is 0.909. The van der Waals surface area contributed by atoms with Crippen LogP contribution in [0.25, 0.3) is 0 Å². The zero-order valence-corrected chi connectivity index (χ0v) is 9.37. The number of nitrogens with zero attached hydrogens (tertiary/aromatic N) is 1. The number of piperidine rings is 1. The zero-order valence-electron chi connectivity index (χ0n) is 9.37. The molecule has 2 fully saturated rings. The SMILES string of the molecule is CN1CCC(C(=O)C2CNCCO2)CC1. The highest BCUT2D eigenvalue weighted by Gasteiger charge is 2.30. The number of rotatable bonds is 2. The molecule has 0 radical (unpaired) electrons. The molecular formula is C11H20N2O2. The van der Waals surface area contributed by atoms with Crippen molar-refractivity contribution in [1.29, 1.82) is 0 Å². The average molecular weight is 212 g/mol. The minimum atomic E-state index is -0.188. The summed E-state index contributed by atoms with van der Waals surface area (Å²) in [6, 6.07) is 0. The molecule has 2 aliphatic heterocycles. The lowest BCUT2D eigenvalue weighted by atomic mass is 9.89. The molecule has 0 saturated carbocycles. The van der Waals surface area contributed by atoms with Gasteiger partial charge < -0.3 is 15.0 Å². The van der Waals surface area contributed by atoms with Crippen molar-refractivity contribution in [3.05, 3.63) is 0 Å². The summed E-state index contributed by atoms with van der Waals surface area (Å²) in [6.45, 7) is 4.32. The molecule has 0 aromatic carbocycles. The molecular weight excluding hydrogens is 192 g/mol. The van der Waals surface area contributed by atoms with E-state index in [1.165, 1.54) is 0 Å². The third kappa shape index (κ3) is 2.77. The number of morpholine rings is 1. The standard InChI is InChI=1S/C11H20N2O2/c1-13-5-2-9(3-6-13)11(14)10-8-12-4-7-15-10/h9-10,12H,2-8H2,1H3. The lowest BCUT2D eigenvalue weighted by Gasteiger charge is -2.31. The van der Waals surface area contributed by atoms with Gasteiger partial charge in [0.1, 0.15) is 6.10 Å². The molecule has 4 nitrogen and oxygen atoms in total. The van der Waals surface area contributed by atoms with Crippen LogP contribution in [0.15, 0.2) is 0 Å². The van der Waals surface area contributed by atoms with Crippen molar-refractivity contribution in [3.8, 4) is 0 Å². The van der Waals surface area contributed by atoms with E-state index in [0.29, 0.717) is 18.9 Å². The van der Waals surface area contributed by atoms with E-state index in [0.717, 1.165) is 32.5 Å². The van der Waals surface area contributed by atoms with Crippen molar-refractivity contribution in [2.24, 2.45) is 5.92 Å². The number of ketones is 1. The van der Waals surface area contributed by atoms with Crippen LogP contribution < -0.4 is 5.32 Å². The lowest BCUT2D eigenvalue weighted by Crippen LogP contribution is -2.47. The van der Waals surface area contributed by atoms with Gasteiger partial charge in [0.05, 0.1) is 6.61 Å². The number of nitrogens with one attached hydrogen (secondary N) is 1. The fourth-order valence-electron chi connectivity index (χ4n) is 2.30. The molecule has 2 aliphatic rings. The van der Waals surface area contributed by atoms with Crippen LogP contribution in [-0.2, 0) is 9.53 Å². The summed E-state index contributed by atoms with van der Waals surface area (Å²) in [5.74, 6) is 0.543. The molecule has 15 heavy (non-hydrogen) atoms. The molecule has 2 saturated heterocycles. The number of hydrogen-bond acceptors (Lipinski definition) is 4. The van der Waals surface area contributed by atoms with Gasteiger partial charge in [0.15, 0.2) is 5.78 Å². The Morgan fingerprint density at radius 1 is 1.40 bits per heavy atom. The Balaban J connectivity index is 1.84. The number of Topliss-reactive ketones (excluding diaryl/α,β-unsaturated/α-hetero) is 1. The van der Waals surface area contributed by atoms with E-state index >= 15 is 0 Å². The molecule has 0 aliphatic carbocycles. The van der Waals surface area contributed by atoms with Gasteiger partial charge in [0, 0.05) is 19.0 Å². The van der Waals surface area contributed by atoms with E-state index in [1.54, 1.807) is 0 Å². The molecule has 0 aromatic heterocycles. The summed E-state index contributed by atoms with van der Waals surface area (Å²) in [7, 11) is 2.11. The molecule has 2 heterocycles. The number of carbonyl (C=O) groups excluding carboxylic acids is 1. The number of ether oxygens (including phenoxy) is 1. The second-order valence-electron chi connectivity index (χ2n) is 4.54. The van der Waals surface area contributed by atoms with Crippen molar-refractivity contribution in [2.45, 2.75) is 18.9 Å². The molecule has 4 heteroatoms. The minimum absolute atomic E-state index is 0.188. The van der Waals surface area contributed by atoms with Crippen molar-refractivity contribution in [1.82, 2.24) is 10.2 Å². The Morgan fingerprint density at radius 2 is 2.13 bits per heavy atom. The van der Waals surface area contributed by atoms with E-state index in [-0.39, 0.29) is 12.0 Å². The van der Waals surface area contributed by atoms with Crippen molar-refractivity contribution >= 4 is 5.78 Å². The number of hydrogen-bond donors (Lipinski definition) is 1. The Hall–Kier alpha value is -0.450. The van der Waals surface area contributed by atoms with Crippen LogP contribution in [0.3, 0.4) is 0 Å². The van der Waals surface area contributed by atoms with Gasteiger partial charge in [-0.05, 0) is 33.0 Å². The van der Waals surface area contributed by atoms with E-state index in [1.807, 2.05) is 0 Å². The van der Waals surface area contributed by atoms with Crippen molar-refractivity contribution in [2.75, 3.05) is 39.8 Å². The second-order valence-corrected chi connectivity index (χ2v) is 4.54. The predicted molar refractivity (Wildman–Crippen MR) is 57.8 cm³/mol. The van der Waals surface area contributed by atoms with Crippen LogP contribution >= 0.6 is 0 Å². The maximum atomic E-state index is 12.1. The van der Waals surface area contributed by atoms with Crippen LogP contribution in [0.2, 0.25) is 0 Å². The second kappa shape index (κ2) is 5.05. The molecule has 2 rings (SSSR count). The fourth-order valence-corrected chi connectivity index (χ4v) is 2.30. The zero-order chi connectivity index (χ0) is 10.7. The number of likely N-dealkylation sites (tertiary alicyclic amines) is 1. The summed E-state index contributed by atoms with van der Waals surface area (Å²) in [5.41, 5.74) is 0. The van der Waals surface area contributed by atoms with Gasteiger partial charge in [-0.2, -0.15) is 0 Å². The minimum Gasteiger partial charge on any atom is -0.368 e. The summed E-state index contributed by atoms with van der Waals surface area (Å²) in [4.78, 5) is 14.4. The Bertz CT molecular complexity index is 219. The Labute approximate surface area is 91.0 Å². The molecule has 0 amide bonds. The third-order valence-electron chi connectivity index (χ3n) is 3.37. The van der Waals surface area contributed by atoms with E-state index in [4.69, 9.17) is 4.74 Å². The van der Waals surface area contributed by atoms with Gasteiger partial charge in [-0.25, -0.2) is 0 Å². The molecule has 86 valence electrons. The van der Waals surface area contributed by atoms with Gasteiger partial charge in [-0.1, -0.05) is 0 Å². The summed E-state index contributed by atoms with van der Waals surface area (Å²) in [5, 5.41) is 3.21.